The predicted molar refractivity (Wildman–Crippen MR) is 96.5 cm³/mol. The van der Waals surface area contributed by atoms with Crippen molar-refractivity contribution in [3.63, 3.8) is 0 Å². The molecule has 0 saturated carbocycles. The van der Waals surface area contributed by atoms with Crippen molar-refractivity contribution in [2.24, 2.45) is 0 Å². The number of fused-ring (bicyclic) bond motifs is 2. The van der Waals surface area contributed by atoms with E-state index in [1.54, 1.807) is 30.3 Å². The Labute approximate surface area is 156 Å². The van der Waals surface area contributed by atoms with E-state index in [1.165, 1.54) is 20.3 Å². The molecule has 0 spiro atoms. The number of hydrogen-bond donors (Lipinski definition) is 0. The molecule has 7 heteroatoms. The van der Waals surface area contributed by atoms with Crippen LogP contribution in [0.1, 0.15) is 15.9 Å². The van der Waals surface area contributed by atoms with E-state index < -0.39 is 0 Å². The Balaban J connectivity index is 1.64. The minimum absolute atomic E-state index is 0.0886. The van der Waals surface area contributed by atoms with Gasteiger partial charge in [-0.15, -0.1) is 0 Å². The van der Waals surface area contributed by atoms with Crippen molar-refractivity contribution in [3.8, 4) is 34.5 Å². The summed E-state index contributed by atoms with van der Waals surface area (Å²) in [6, 6.07) is 6.86. The summed E-state index contributed by atoms with van der Waals surface area (Å²) < 4.78 is 32.7. The van der Waals surface area contributed by atoms with Crippen LogP contribution in [-0.2, 0) is 0 Å². The molecule has 2 aliphatic heterocycles. The van der Waals surface area contributed by atoms with Gasteiger partial charge in [0.1, 0.15) is 13.2 Å². The first-order valence-corrected chi connectivity index (χ1v) is 8.38. The zero-order chi connectivity index (χ0) is 18.8. The molecular formula is C20H18O7. The SMILES string of the molecule is COc1cc(C=CC(=O)c2ccc3c(c2)OCCO3)c(OC)c2c1OCO2. The van der Waals surface area contributed by atoms with Crippen LogP contribution in [0.15, 0.2) is 30.3 Å². The van der Waals surface area contributed by atoms with Gasteiger partial charge in [0.25, 0.3) is 0 Å². The summed E-state index contributed by atoms with van der Waals surface area (Å²) in [6.45, 7) is 1.06. The van der Waals surface area contributed by atoms with Crippen molar-refractivity contribution in [1.82, 2.24) is 0 Å². The van der Waals surface area contributed by atoms with E-state index in [1.807, 2.05) is 0 Å². The number of benzene rings is 2. The third-order valence-corrected chi connectivity index (χ3v) is 4.26. The molecule has 0 saturated heterocycles. The maximum atomic E-state index is 12.6. The van der Waals surface area contributed by atoms with Crippen molar-refractivity contribution in [1.29, 1.82) is 0 Å². The summed E-state index contributed by atoms with van der Waals surface area (Å²) in [6.07, 6.45) is 3.12. The number of ketones is 1. The number of ether oxygens (including phenoxy) is 6. The van der Waals surface area contributed by atoms with Gasteiger partial charge in [-0.2, -0.15) is 0 Å². The van der Waals surface area contributed by atoms with Crippen LogP contribution < -0.4 is 28.4 Å². The number of allylic oxidation sites excluding steroid dienone is 1. The molecule has 0 atom stereocenters. The van der Waals surface area contributed by atoms with Crippen molar-refractivity contribution >= 4 is 11.9 Å². The Morgan fingerprint density at radius 3 is 2.52 bits per heavy atom. The monoisotopic (exact) mass is 370 g/mol. The summed E-state index contributed by atoms with van der Waals surface area (Å²) in [5.74, 6) is 2.98. The molecule has 0 aliphatic carbocycles. The van der Waals surface area contributed by atoms with Gasteiger partial charge in [0.2, 0.25) is 18.3 Å². The third kappa shape index (κ3) is 3.12. The van der Waals surface area contributed by atoms with Gasteiger partial charge >= 0.3 is 0 Å². The molecule has 0 radical (unpaired) electrons. The molecule has 2 aliphatic rings. The highest BCUT2D eigenvalue weighted by Crippen LogP contribution is 2.49. The van der Waals surface area contributed by atoms with Crippen LogP contribution in [-0.4, -0.2) is 40.0 Å². The number of hydrogen-bond acceptors (Lipinski definition) is 7. The summed E-state index contributed by atoms with van der Waals surface area (Å²) in [5.41, 5.74) is 1.15. The lowest BCUT2D eigenvalue weighted by Crippen LogP contribution is -2.15. The minimum Gasteiger partial charge on any atom is -0.493 e. The van der Waals surface area contributed by atoms with E-state index in [4.69, 9.17) is 28.4 Å². The van der Waals surface area contributed by atoms with E-state index in [9.17, 15) is 4.79 Å². The maximum Gasteiger partial charge on any atom is 0.231 e. The van der Waals surface area contributed by atoms with E-state index >= 15 is 0 Å². The van der Waals surface area contributed by atoms with Gasteiger partial charge in [-0.25, -0.2) is 0 Å². The standard InChI is InChI=1S/C20H18O7/c1-22-17-10-13(18(23-2)20-19(17)26-11-27-20)3-5-14(21)12-4-6-15-16(9-12)25-8-7-24-15/h3-6,9-10H,7-8,11H2,1-2H3. The minimum atomic E-state index is -0.175. The molecule has 2 aromatic rings. The number of carbonyl (C=O) groups excluding carboxylic acids is 1. The third-order valence-electron chi connectivity index (χ3n) is 4.26. The van der Waals surface area contributed by atoms with Gasteiger partial charge in [-0.3, -0.25) is 4.79 Å². The molecule has 0 N–H and O–H groups in total. The van der Waals surface area contributed by atoms with E-state index in [2.05, 4.69) is 0 Å². The van der Waals surface area contributed by atoms with Crippen LogP contribution in [0.2, 0.25) is 0 Å². The second-order valence-corrected chi connectivity index (χ2v) is 5.82. The highest BCUT2D eigenvalue weighted by Gasteiger charge is 2.26. The van der Waals surface area contributed by atoms with Crippen LogP contribution in [0, 0.1) is 0 Å². The van der Waals surface area contributed by atoms with Crippen LogP contribution >= 0.6 is 0 Å². The average molecular weight is 370 g/mol. The van der Waals surface area contributed by atoms with Gasteiger partial charge in [0, 0.05) is 11.1 Å². The molecule has 140 valence electrons. The molecule has 0 fully saturated rings. The van der Waals surface area contributed by atoms with Crippen molar-refractivity contribution in [3.05, 3.63) is 41.5 Å². The quantitative estimate of drug-likeness (QED) is 0.591. The molecule has 2 aromatic carbocycles. The lowest BCUT2D eigenvalue weighted by atomic mass is 10.1. The Kier molecular flexibility index (Phi) is 4.50. The highest BCUT2D eigenvalue weighted by atomic mass is 16.7. The second kappa shape index (κ2) is 7.11. The summed E-state index contributed by atoms with van der Waals surface area (Å²) in [7, 11) is 3.07. The van der Waals surface area contributed by atoms with E-state index in [0.29, 0.717) is 58.8 Å². The second-order valence-electron chi connectivity index (χ2n) is 5.82. The lowest BCUT2D eigenvalue weighted by Gasteiger charge is -2.18. The zero-order valence-electron chi connectivity index (χ0n) is 14.9. The first kappa shape index (κ1) is 17.1. The predicted octanol–water partition coefficient (Wildman–Crippen LogP) is 3.10. The van der Waals surface area contributed by atoms with Crippen molar-refractivity contribution in [2.45, 2.75) is 0 Å². The molecule has 4 rings (SSSR count). The Hall–Kier alpha value is -3.35. The summed E-state index contributed by atoms with van der Waals surface area (Å²) in [5, 5.41) is 0. The lowest BCUT2D eigenvalue weighted by molar-refractivity contribution is 0.104. The Bertz CT molecular complexity index is 917. The number of carbonyl (C=O) groups is 1. The van der Waals surface area contributed by atoms with Crippen molar-refractivity contribution < 1.29 is 33.2 Å². The molecule has 0 bridgehead atoms. The molecule has 0 unspecified atom stereocenters. The van der Waals surface area contributed by atoms with Gasteiger partial charge < -0.3 is 28.4 Å². The Morgan fingerprint density at radius 2 is 1.74 bits per heavy atom. The molecule has 0 aromatic heterocycles. The van der Waals surface area contributed by atoms with Gasteiger partial charge in [0.05, 0.1) is 14.2 Å². The highest BCUT2D eigenvalue weighted by molar-refractivity contribution is 6.07. The average Bonchev–Trinajstić information content (AvgIpc) is 3.20. The molecule has 27 heavy (non-hydrogen) atoms. The zero-order valence-corrected chi connectivity index (χ0v) is 14.9. The largest absolute Gasteiger partial charge is 0.493 e. The first-order valence-electron chi connectivity index (χ1n) is 8.38. The van der Waals surface area contributed by atoms with E-state index in [-0.39, 0.29) is 12.6 Å². The van der Waals surface area contributed by atoms with Crippen LogP contribution in [0.25, 0.3) is 6.08 Å². The maximum absolute atomic E-state index is 12.6. The molecule has 0 amide bonds. The fourth-order valence-electron chi connectivity index (χ4n) is 2.98. The number of rotatable bonds is 5. The summed E-state index contributed by atoms with van der Waals surface area (Å²) >= 11 is 0. The van der Waals surface area contributed by atoms with Crippen LogP contribution in [0.4, 0.5) is 0 Å². The molecule has 7 nitrogen and oxygen atoms in total. The fourth-order valence-corrected chi connectivity index (χ4v) is 2.98. The van der Waals surface area contributed by atoms with Gasteiger partial charge in [0.15, 0.2) is 28.8 Å². The molecule has 2 heterocycles. The molecular weight excluding hydrogens is 352 g/mol. The van der Waals surface area contributed by atoms with Gasteiger partial charge in [-0.05, 0) is 36.4 Å². The van der Waals surface area contributed by atoms with Crippen molar-refractivity contribution in [2.75, 3.05) is 34.2 Å². The normalized spacial score (nSPS) is 14.3. The van der Waals surface area contributed by atoms with Crippen LogP contribution in [0.5, 0.6) is 34.5 Å². The topological polar surface area (TPSA) is 72.5 Å². The van der Waals surface area contributed by atoms with Gasteiger partial charge in [-0.1, -0.05) is 0 Å². The number of methoxy groups -OCH3 is 2. The first-order chi connectivity index (χ1) is 13.2. The summed E-state index contributed by atoms with van der Waals surface area (Å²) in [4.78, 5) is 12.6. The van der Waals surface area contributed by atoms with E-state index in [0.717, 1.165) is 0 Å². The van der Waals surface area contributed by atoms with Crippen LogP contribution in [0.3, 0.4) is 0 Å². The smallest absolute Gasteiger partial charge is 0.231 e. The Morgan fingerprint density at radius 1 is 0.963 bits per heavy atom. The fraction of sp³-hybridized carbons (Fsp3) is 0.250.